The van der Waals surface area contributed by atoms with E-state index in [9.17, 15) is 9.90 Å². The van der Waals surface area contributed by atoms with Crippen LogP contribution in [0.3, 0.4) is 0 Å². The molecule has 1 aromatic rings. The van der Waals surface area contributed by atoms with Crippen molar-refractivity contribution in [3.8, 4) is 0 Å². The molecule has 0 saturated heterocycles. The van der Waals surface area contributed by atoms with Crippen molar-refractivity contribution in [1.82, 2.24) is 9.55 Å². The van der Waals surface area contributed by atoms with E-state index in [-0.39, 0.29) is 12.3 Å². The van der Waals surface area contributed by atoms with Gasteiger partial charge in [-0.15, -0.1) is 0 Å². The minimum atomic E-state index is -0.0442. The lowest BCUT2D eigenvalue weighted by Crippen LogP contribution is -2.29. The van der Waals surface area contributed by atoms with Crippen LogP contribution >= 0.6 is 0 Å². The number of nitrogens with one attached hydrogen (secondary N) is 1. The molecule has 1 aliphatic rings. The first kappa shape index (κ1) is 10.5. The van der Waals surface area contributed by atoms with Crippen molar-refractivity contribution in [1.29, 1.82) is 0 Å². The van der Waals surface area contributed by atoms with Gasteiger partial charge in [0.15, 0.2) is 0 Å². The van der Waals surface area contributed by atoms with Crippen molar-refractivity contribution in [2.24, 2.45) is 11.8 Å². The second kappa shape index (κ2) is 4.66. The molecule has 0 amide bonds. The zero-order valence-electron chi connectivity index (χ0n) is 8.85. The SMILES string of the molecule is O=c1[nH]ccn1CC1CCCCC1CO. The predicted molar refractivity (Wildman–Crippen MR) is 57.6 cm³/mol. The van der Waals surface area contributed by atoms with Gasteiger partial charge >= 0.3 is 5.69 Å². The summed E-state index contributed by atoms with van der Waals surface area (Å²) in [6.45, 7) is 0.997. The summed E-state index contributed by atoms with van der Waals surface area (Å²) in [5, 5.41) is 9.26. The maximum atomic E-state index is 11.3. The van der Waals surface area contributed by atoms with Gasteiger partial charge < -0.3 is 10.1 Å². The molecule has 0 aliphatic heterocycles. The number of aromatic nitrogens is 2. The van der Waals surface area contributed by atoms with E-state index in [4.69, 9.17) is 0 Å². The third kappa shape index (κ3) is 2.31. The van der Waals surface area contributed by atoms with Crippen LogP contribution in [-0.2, 0) is 6.54 Å². The molecular formula is C11H18N2O2. The van der Waals surface area contributed by atoms with Gasteiger partial charge in [-0.3, -0.25) is 4.57 Å². The Morgan fingerprint density at radius 1 is 1.40 bits per heavy atom. The Morgan fingerprint density at radius 3 is 2.73 bits per heavy atom. The maximum absolute atomic E-state index is 11.3. The molecule has 4 heteroatoms. The Labute approximate surface area is 88.9 Å². The maximum Gasteiger partial charge on any atom is 0.325 e. The van der Waals surface area contributed by atoms with E-state index in [1.165, 1.54) is 12.8 Å². The Kier molecular flexibility index (Phi) is 3.26. The minimum Gasteiger partial charge on any atom is -0.396 e. The third-order valence-corrected chi connectivity index (χ3v) is 3.45. The second-order valence-electron chi connectivity index (χ2n) is 4.40. The monoisotopic (exact) mass is 210 g/mol. The summed E-state index contributed by atoms with van der Waals surface area (Å²) in [6.07, 6.45) is 8.11. The molecule has 0 aromatic carbocycles. The third-order valence-electron chi connectivity index (χ3n) is 3.45. The summed E-state index contributed by atoms with van der Waals surface area (Å²) < 4.78 is 1.71. The summed E-state index contributed by atoms with van der Waals surface area (Å²) >= 11 is 0. The van der Waals surface area contributed by atoms with Gasteiger partial charge in [-0.2, -0.15) is 0 Å². The minimum absolute atomic E-state index is 0.0442. The van der Waals surface area contributed by atoms with E-state index < -0.39 is 0 Å². The van der Waals surface area contributed by atoms with Crippen LogP contribution in [-0.4, -0.2) is 21.3 Å². The second-order valence-corrected chi connectivity index (χ2v) is 4.40. The number of hydrogen-bond donors (Lipinski definition) is 2. The highest BCUT2D eigenvalue weighted by atomic mass is 16.3. The molecule has 2 unspecified atom stereocenters. The molecule has 0 spiro atoms. The first-order valence-electron chi connectivity index (χ1n) is 5.66. The lowest BCUT2D eigenvalue weighted by Gasteiger charge is -2.30. The fourth-order valence-electron chi connectivity index (χ4n) is 2.51. The summed E-state index contributed by atoms with van der Waals surface area (Å²) in [7, 11) is 0. The van der Waals surface area contributed by atoms with Crippen LogP contribution in [0.5, 0.6) is 0 Å². The summed E-state index contributed by atoms with van der Waals surface area (Å²) in [6, 6.07) is 0. The van der Waals surface area contributed by atoms with E-state index in [2.05, 4.69) is 4.98 Å². The van der Waals surface area contributed by atoms with Gasteiger partial charge in [0.1, 0.15) is 0 Å². The van der Waals surface area contributed by atoms with Gasteiger partial charge in [-0.05, 0) is 24.7 Å². The number of nitrogens with zero attached hydrogens (tertiary/aromatic N) is 1. The van der Waals surface area contributed by atoms with E-state index in [0.717, 1.165) is 19.4 Å². The molecule has 0 bridgehead atoms. The zero-order chi connectivity index (χ0) is 10.7. The van der Waals surface area contributed by atoms with Crippen LogP contribution < -0.4 is 5.69 Å². The van der Waals surface area contributed by atoms with Crippen LogP contribution in [0, 0.1) is 11.8 Å². The molecule has 0 radical (unpaired) electrons. The number of aliphatic hydroxyl groups is 1. The van der Waals surface area contributed by atoms with Crippen LogP contribution in [0.2, 0.25) is 0 Å². The predicted octanol–water partition coefficient (Wildman–Crippen LogP) is 0.975. The Bertz CT molecular complexity index is 355. The first-order chi connectivity index (χ1) is 7.31. The van der Waals surface area contributed by atoms with E-state index in [1.54, 1.807) is 17.0 Å². The van der Waals surface area contributed by atoms with E-state index in [0.29, 0.717) is 11.8 Å². The lowest BCUT2D eigenvalue weighted by atomic mass is 9.79. The smallest absolute Gasteiger partial charge is 0.325 e. The molecule has 1 saturated carbocycles. The first-order valence-corrected chi connectivity index (χ1v) is 5.66. The Balaban J connectivity index is 2.03. The summed E-state index contributed by atoms with van der Waals surface area (Å²) in [5.74, 6) is 0.831. The molecule has 1 aliphatic carbocycles. The molecule has 84 valence electrons. The van der Waals surface area contributed by atoms with Gasteiger partial charge in [-0.1, -0.05) is 12.8 Å². The van der Waals surface area contributed by atoms with Crippen molar-refractivity contribution in [2.45, 2.75) is 32.2 Å². The van der Waals surface area contributed by atoms with E-state index >= 15 is 0 Å². The van der Waals surface area contributed by atoms with Gasteiger partial charge in [0.2, 0.25) is 0 Å². The normalized spacial score (nSPS) is 26.7. The fourth-order valence-corrected chi connectivity index (χ4v) is 2.51. The molecule has 1 fully saturated rings. The van der Waals surface area contributed by atoms with Crippen LogP contribution in [0.4, 0.5) is 0 Å². The molecule has 15 heavy (non-hydrogen) atoms. The molecule has 1 aromatic heterocycles. The van der Waals surface area contributed by atoms with Crippen molar-refractivity contribution >= 4 is 0 Å². The lowest BCUT2D eigenvalue weighted by molar-refractivity contribution is 0.123. The van der Waals surface area contributed by atoms with Crippen molar-refractivity contribution in [2.75, 3.05) is 6.61 Å². The number of aromatic amines is 1. The molecule has 2 N–H and O–H groups in total. The fraction of sp³-hybridized carbons (Fsp3) is 0.727. The highest BCUT2D eigenvalue weighted by molar-refractivity contribution is 4.81. The molecule has 1 heterocycles. The number of hydrogen-bond acceptors (Lipinski definition) is 2. The quantitative estimate of drug-likeness (QED) is 0.781. The number of aliphatic hydroxyl groups excluding tert-OH is 1. The highest BCUT2D eigenvalue weighted by Crippen LogP contribution is 2.30. The van der Waals surface area contributed by atoms with Crippen molar-refractivity contribution in [3.05, 3.63) is 22.9 Å². The highest BCUT2D eigenvalue weighted by Gasteiger charge is 2.24. The topological polar surface area (TPSA) is 58.0 Å². The largest absolute Gasteiger partial charge is 0.396 e. The molecule has 4 nitrogen and oxygen atoms in total. The average Bonchev–Trinajstić information content (AvgIpc) is 2.65. The van der Waals surface area contributed by atoms with Gasteiger partial charge in [0, 0.05) is 25.5 Å². The average molecular weight is 210 g/mol. The molecule has 2 rings (SSSR count). The van der Waals surface area contributed by atoms with Crippen LogP contribution in [0.1, 0.15) is 25.7 Å². The standard InChI is InChI=1S/C11H18N2O2/c14-8-10-4-2-1-3-9(10)7-13-6-5-12-11(13)15/h5-6,9-10,14H,1-4,7-8H2,(H,12,15). The van der Waals surface area contributed by atoms with Gasteiger partial charge in [0.25, 0.3) is 0 Å². The van der Waals surface area contributed by atoms with Crippen molar-refractivity contribution < 1.29 is 5.11 Å². The molecular weight excluding hydrogens is 192 g/mol. The summed E-state index contributed by atoms with van der Waals surface area (Å²) in [5.41, 5.74) is -0.0442. The zero-order valence-corrected chi connectivity index (χ0v) is 8.85. The number of rotatable bonds is 3. The number of H-pyrrole nitrogens is 1. The van der Waals surface area contributed by atoms with Crippen molar-refractivity contribution in [3.63, 3.8) is 0 Å². The Hall–Kier alpha value is -1.03. The molecule has 2 atom stereocenters. The summed E-state index contributed by atoms with van der Waals surface area (Å²) in [4.78, 5) is 14.0. The number of imidazole rings is 1. The van der Waals surface area contributed by atoms with E-state index in [1.807, 2.05) is 0 Å². The van der Waals surface area contributed by atoms with Crippen LogP contribution in [0.25, 0.3) is 0 Å². The van der Waals surface area contributed by atoms with Gasteiger partial charge in [0.05, 0.1) is 0 Å². The van der Waals surface area contributed by atoms with Crippen LogP contribution in [0.15, 0.2) is 17.2 Å². The van der Waals surface area contributed by atoms with Gasteiger partial charge in [-0.25, -0.2) is 4.79 Å². The Morgan fingerprint density at radius 2 is 2.13 bits per heavy atom.